The van der Waals surface area contributed by atoms with Gasteiger partial charge in [0.05, 0.1) is 11.2 Å². The van der Waals surface area contributed by atoms with Crippen molar-refractivity contribution in [2.75, 3.05) is 0 Å². The second kappa shape index (κ2) is 5.59. The van der Waals surface area contributed by atoms with Gasteiger partial charge in [-0.1, -0.05) is 55.3 Å². The van der Waals surface area contributed by atoms with Crippen LogP contribution in [0.4, 0.5) is 0 Å². The van der Waals surface area contributed by atoms with Crippen LogP contribution in [0.25, 0.3) is 0 Å². The van der Waals surface area contributed by atoms with Crippen LogP contribution < -0.4 is 5.46 Å². The molecular weight excluding hydrogens is 307 g/mol. The SMILES string of the molecule is CC1C=C2CC(=CC(C)c3cc(B4OC(C)(C)C(C)(C)O4)ccc31)C2. The molecule has 0 N–H and O–H groups in total. The third-order valence-electron chi connectivity index (χ3n) is 6.50. The number of hydrogen-bond acceptors (Lipinski definition) is 2. The zero-order chi connectivity index (χ0) is 18.0. The third kappa shape index (κ3) is 2.82. The van der Waals surface area contributed by atoms with E-state index in [1.165, 1.54) is 24.0 Å². The molecule has 3 heteroatoms. The lowest BCUT2D eigenvalue weighted by Crippen LogP contribution is -2.41. The van der Waals surface area contributed by atoms with Crippen molar-refractivity contribution in [2.24, 2.45) is 0 Å². The van der Waals surface area contributed by atoms with Crippen molar-refractivity contribution >= 4 is 12.6 Å². The smallest absolute Gasteiger partial charge is 0.399 e. The molecule has 1 aromatic rings. The number of rotatable bonds is 1. The van der Waals surface area contributed by atoms with E-state index in [1.807, 2.05) is 0 Å². The Morgan fingerprint density at radius 1 is 0.840 bits per heavy atom. The van der Waals surface area contributed by atoms with Crippen molar-refractivity contribution in [2.45, 2.75) is 77.4 Å². The van der Waals surface area contributed by atoms with Crippen LogP contribution in [0.2, 0.25) is 0 Å². The summed E-state index contributed by atoms with van der Waals surface area (Å²) in [5, 5.41) is 0. The summed E-state index contributed by atoms with van der Waals surface area (Å²) in [5.74, 6) is 0.899. The molecule has 2 bridgehead atoms. The first-order valence-electron chi connectivity index (χ1n) is 9.55. The van der Waals surface area contributed by atoms with Crippen LogP contribution >= 0.6 is 0 Å². The maximum atomic E-state index is 6.26. The van der Waals surface area contributed by atoms with Crippen LogP contribution in [0.15, 0.2) is 41.5 Å². The maximum Gasteiger partial charge on any atom is 0.494 e. The Morgan fingerprint density at radius 3 is 1.92 bits per heavy atom. The van der Waals surface area contributed by atoms with Gasteiger partial charge in [-0.25, -0.2) is 0 Å². The van der Waals surface area contributed by atoms with Crippen molar-refractivity contribution < 1.29 is 9.31 Å². The van der Waals surface area contributed by atoms with Crippen LogP contribution in [-0.4, -0.2) is 18.3 Å². The first kappa shape index (κ1) is 17.1. The molecule has 0 aromatic heterocycles. The van der Waals surface area contributed by atoms with Crippen LogP contribution in [0.1, 0.15) is 77.3 Å². The average Bonchev–Trinajstić information content (AvgIpc) is 2.75. The van der Waals surface area contributed by atoms with E-state index in [-0.39, 0.29) is 18.3 Å². The van der Waals surface area contributed by atoms with Gasteiger partial charge in [0.25, 0.3) is 0 Å². The average molecular weight is 336 g/mol. The van der Waals surface area contributed by atoms with E-state index in [0.717, 1.165) is 5.46 Å². The van der Waals surface area contributed by atoms with Gasteiger partial charge >= 0.3 is 7.12 Å². The fourth-order valence-electron chi connectivity index (χ4n) is 4.18. The van der Waals surface area contributed by atoms with Gasteiger partial charge in [-0.15, -0.1) is 0 Å². The highest BCUT2D eigenvalue weighted by molar-refractivity contribution is 6.62. The molecule has 25 heavy (non-hydrogen) atoms. The Labute approximate surface area is 152 Å². The van der Waals surface area contributed by atoms with Crippen molar-refractivity contribution in [1.29, 1.82) is 0 Å². The van der Waals surface area contributed by atoms with E-state index in [1.54, 1.807) is 11.1 Å². The van der Waals surface area contributed by atoms with E-state index in [4.69, 9.17) is 9.31 Å². The van der Waals surface area contributed by atoms with Gasteiger partial charge in [0.15, 0.2) is 0 Å². The zero-order valence-electron chi connectivity index (χ0n) is 16.3. The Morgan fingerprint density at radius 2 is 1.36 bits per heavy atom. The van der Waals surface area contributed by atoms with Crippen LogP contribution in [-0.2, 0) is 9.31 Å². The minimum absolute atomic E-state index is 0.287. The standard InChI is InChI=1S/C22H29BO2/c1-14-9-16-11-17(12-16)10-15(2)20-13-18(7-8-19(14)20)23-24-21(3,4)22(5,6)25-23/h7-10,13-15H,11-12H2,1-6H3. The topological polar surface area (TPSA) is 18.5 Å². The van der Waals surface area contributed by atoms with Gasteiger partial charge in [-0.05, 0) is 69.0 Å². The van der Waals surface area contributed by atoms with Gasteiger partial charge in [0.2, 0.25) is 0 Å². The van der Waals surface area contributed by atoms with Crippen molar-refractivity contribution in [1.82, 2.24) is 0 Å². The van der Waals surface area contributed by atoms with Gasteiger partial charge in [0.1, 0.15) is 0 Å². The monoisotopic (exact) mass is 336 g/mol. The predicted molar refractivity (Wildman–Crippen MR) is 104 cm³/mol. The molecule has 1 aliphatic heterocycles. The van der Waals surface area contributed by atoms with E-state index >= 15 is 0 Å². The summed E-state index contributed by atoms with van der Waals surface area (Å²) in [4.78, 5) is 0. The van der Waals surface area contributed by atoms with Crippen LogP contribution in [0, 0.1) is 0 Å². The maximum absolute atomic E-state index is 6.26. The van der Waals surface area contributed by atoms with Crippen molar-refractivity contribution in [3.8, 4) is 0 Å². The van der Waals surface area contributed by atoms with Gasteiger partial charge < -0.3 is 9.31 Å². The predicted octanol–water partition coefficient (Wildman–Crippen LogP) is 4.85. The lowest BCUT2D eigenvalue weighted by Gasteiger charge is -2.32. The third-order valence-corrected chi connectivity index (χ3v) is 6.50. The summed E-state index contributed by atoms with van der Waals surface area (Å²) < 4.78 is 12.5. The molecular formula is C22H29BO2. The zero-order valence-corrected chi connectivity index (χ0v) is 16.3. The lowest BCUT2D eigenvalue weighted by molar-refractivity contribution is 0.00578. The fraction of sp³-hybridized carbons (Fsp3) is 0.545. The molecule has 0 radical (unpaired) electrons. The Hall–Kier alpha value is -1.32. The summed E-state index contributed by atoms with van der Waals surface area (Å²) in [6, 6.07) is 6.80. The van der Waals surface area contributed by atoms with Crippen LogP contribution in [0.3, 0.4) is 0 Å². The number of fused-ring (bicyclic) bond motifs is 2. The molecule has 1 aromatic carbocycles. The minimum Gasteiger partial charge on any atom is -0.399 e. The molecule has 4 aliphatic rings. The summed E-state index contributed by atoms with van der Waals surface area (Å²) >= 11 is 0. The molecule has 0 spiro atoms. The highest BCUT2D eigenvalue weighted by Crippen LogP contribution is 2.41. The van der Waals surface area contributed by atoms with Crippen molar-refractivity contribution in [3.63, 3.8) is 0 Å². The highest BCUT2D eigenvalue weighted by atomic mass is 16.7. The minimum atomic E-state index is -0.300. The van der Waals surface area contributed by atoms with Gasteiger partial charge in [-0.3, -0.25) is 0 Å². The number of benzene rings is 1. The molecule has 2 unspecified atom stereocenters. The van der Waals surface area contributed by atoms with E-state index < -0.39 is 0 Å². The van der Waals surface area contributed by atoms with Gasteiger partial charge in [-0.2, -0.15) is 0 Å². The van der Waals surface area contributed by atoms with E-state index in [9.17, 15) is 0 Å². The summed E-state index contributed by atoms with van der Waals surface area (Å²) in [5.41, 5.74) is 6.56. The van der Waals surface area contributed by atoms with Crippen LogP contribution in [0.5, 0.6) is 0 Å². The second-order valence-electron chi connectivity index (χ2n) is 9.06. The Balaban J connectivity index is 1.73. The number of hydrogen-bond donors (Lipinski definition) is 0. The largest absolute Gasteiger partial charge is 0.494 e. The molecule has 1 saturated carbocycles. The highest BCUT2D eigenvalue weighted by Gasteiger charge is 2.51. The van der Waals surface area contributed by atoms with Gasteiger partial charge in [0, 0.05) is 0 Å². The Kier molecular flexibility index (Phi) is 3.83. The van der Waals surface area contributed by atoms with Crippen molar-refractivity contribution in [3.05, 3.63) is 52.6 Å². The normalized spacial score (nSPS) is 29.6. The molecule has 132 valence electrons. The Bertz CT molecular complexity index is 746. The summed E-state index contributed by atoms with van der Waals surface area (Å²) in [7, 11) is -0.287. The molecule has 1 saturated heterocycles. The molecule has 0 amide bonds. The fourth-order valence-corrected chi connectivity index (χ4v) is 4.18. The molecule has 2 fully saturated rings. The molecule has 5 rings (SSSR count). The number of allylic oxidation sites excluding steroid dienone is 4. The lowest BCUT2D eigenvalue weighted by atomic mass is 9.75. The molecule has 3 aliphatic carbocycles. The molecule has 2 atom stereocenters. The molecule has 1 heterocycles. The van der Waals surface area contributed by atoms with E-state index in [0.29, 0.717) is 11.8 Å². The van der Waals surface area contributed by atoms with E-state index in [2.05, 4.69) is 71.9 Å². The quantitative estimate of drug-likeness (QED) is 0.539. The summed E-state index contributed by atoms with van der Waals surface area (Å²) in [6.07, 6.45) is 7.27. The molecule has 2 nitrogen and oxygen atoms in total. The summed E-state index contributed by atoms with van der Waals surface area (Å²) in [6.45, 7) is 13.1. The second-order valence-corrected chi connectivity index (χ2v) is 9.06. The first-order chi connectivity index (χ1) is 11.7. The first-order valence-corrected chi connectivity index (χ1v) is 9.55.